The first kappa shape index (κ1) is 13.8. The van der Waals surface area contributed by atoms with E-state index in [9.17, 15) is 5.11 Å². The maximum atomic E-state index is 9.29. The monoisotopic (exact) mass is 181 g/mol. The van der Waals surface area contributed by atoms with Crippen LogP contribution in [0.15, 0.2) is 0 Å². The zero-order valence-corrected chi connectivity index (χ0v) is 8.28. The highest BCUT2D eigenvalue weighted by Gasteiger charge is 2.23. The van der Waals surface area contributed by atoms with Crippen LogP contribution >= 0.6 is 12.4 Å². The van der Waals surface area contributed by atoms with Crippen molar-refractivity contribution in [2.75, 3.05) is 0 Å². The van der Waals surface area contributed by atoms with E-state index in [0.717, 1.165) is 12.3 Å². The Morgan fingerprint density at radius 1 is 1.36 bits per heavy atom. The highest BCUT2D eigenvalue weighted by Crippen LogP contribution is 2.35. The first-order valence-corrected chi connectivity index (χ1v) is 3.80. The number of hydrogen-bond donors (Lipinski definition) is 2. The van der Waals surface area contributed by atoms with Gasteiger partial charge in [0, 0.05) is 0 Å². The predicted octanol–water partition coefficient (Wildman–Crippen LogP) is 2.53. The van der Waals surface area contributed by atoms with Crippen molar-refractivity contribution in [1.29, 1.82) is 0 Å². The zero-order valence-electron chi connectivity index (χ0n) is 7.47. The minimum Gasteiger partial charge on any atom is -0.390 e. The molecule has 0 atom stereocenters. The molecule has 0 spiro atoms. The van der Waals surface area contributed by atoms with Gasteiger partial charge in [0.25, 0.3) is 0 Å². The Morgan fingerprint density at radius 2 is 1.82 bits per heavy atom. The van der Waals surface area contributed by atoms with Gasteiger partial charge in [0.05, 0.1) is 5.60 Å². The van der Waals surface area contributed by atoms with Crippen LogP contribution in [0.5, 0.6) is 0 Å². The van der Waals surface area contributed by atoms with Gasteiger partial charge in [-0.25, -0.2) is 0 Å². The molecule has 4 N–H and O–H groups in total. The molecule has 0 aromatic carbocycles. The molecule has 2 nitrogen and oxygen atoms in total. The van der Waals surface area contributed by atoms with Crippen molar-refractivity contribution in [2.45, 2.75) is 45.1 Å². The summed E-state index contributed by atoms with van der Waals surface area (Å²) < 4.78 is 0. The third kappa shape index (κ3) is 8.11. The summed E-state index contributed by atoms with van der Waals surface area (Å²) in [5.74, 6) is 0.955. The first-order valence-electron chi connectivity index (χ1n) is 3.80. The minimum atomic E-state index is -0.428. The number of rotatable bonds is 3. The maximum absolute atomic E-state index is 9.29. The fourth-order valence-electron chi connectivity index (χ4n) is 0.964. The van der Waals surface area contributed by atoms with Crippen LogP contribution < -0.4 is 6.15 Å². The van der Waals surface area contributed by atoms with E-state index in [-0.39, 0.29) is 18.6 Å². The molecule has 1 aliphatic rings. The Morgan fingerprint density at radius 3 is 2.09 bits per heavy atom. The lowest BCUT2D eigenvalue weighted by molar-refractivity contribution is 0.0671. The fraction of sp³-hybridized carbons (Fsp3) is 1.00. The van der Waals surface area contributed by atoms with Crippen molar-refractivity contribution in [3.63, 3.8) is 0 Å². The van der Waals surface area contributed by atoms with Crippen molar-refractivity contribution in [1.82, 2.24) is 6.15 Å². The molecule has 0 aromatic heterocycles. The van der Waals surface area contributed by atoms with Crippen LogP contribution in [0.25, 0.3) is 0 Å². The van der Waals surface area contributed by atoms with Crippen LogP contribution in [0.4, 0.5) is 0 Å². The summed E-state index contributed by atoms with van der Waals surface area (Å²) in [5, 5.41) is 9.29. The molecule has 0 aromatic rings. The standard InChI is InChI=1S/C8H16O.ClH.H3N/c1-8(2,9)6-5-7-3-4-7;;/h7,9H,3-6H2,1-2H3;1H;1H3. The second-order valence-corrected chi connectivity index (χ2v) is 3.79. The van der Waals surface area contributed by atoms with E-state index < -0.39 is 5.60 Å². The summed E-state index contributed by atoms with van der Waals surface area (Å²) in [4.78, 5) is 0. The number of hydrogen-bond acceptors (Lipinski definition) is 2. The average Bonchev–Trinajstić information content (AvgIpc) is 2.38. The van der Waals surface area contributed by atoms with Gasteiger partial charge in [0.2, 0.25) is 0 Å². The van der Waals surface area contributed by atoms with Gasteiger partial charge in [-0.3, -0.25) is 0 Å². The van der Waals surface area contributed by atoms with Crippen molar-refractivity contribution in [3.8, 4) is 0 Å². The first-order chi connectivity index (χ1) is 4.08. The molecule has 70 valence electrons. The Labute approximate surface area is 75.4 Å². The van der Waals surface area contributed by atoms with E-state index in [0.29, 0.717) is 0 Å². The highest BCUT2D eigenvalue weighted by atomic mass is 35.5. The summed E-state index contributed by atoms with van der Waals surface area (Å²) >= 11 is 0. The molecule has 3 heteroatoms. The van der Waals surface area contributed by atoms with Gasteiger partial charge in [0.1, 0.15) is 0 Å². The van der Waals surface area contributed by atoms with E-state index in [1.54, 1.807) is 0 Å². The molecule has 1 fully saturated rings. The highest BCUT2D eigenvalue weighted by molar-refractivity contribution is 5.85. The Kier molecular flexibility index (Phi) is 6.22. The normalized spacial score (nSPS) is 16.6. The summed E-state index contributed by atoms with van der Waals surface area (Å²) in [6.07, 6.45) is 4.99. The van der Waals surface area contributed by atoms with Gasteiger partial charge >= 0.3 is 0 Å². The third-order valence-electron chi connectivity index (χ3n) is 1.86. The molecule has 0 aliphatic heterocycles. The minimum absolute atomic E-state index is 0. The Balaban J connectivity index is 0. The van der Waals surface area contributed by atoms with Crippen molar-refractivity contribution < 1.29 is 5.11 Å². The third-order valence-corrected chi connectivity index (χ3v) is 1.86. The Hall–Kier alpha value is 0.210. The van der Waals surface area contributed by atoms with Gasteiger partial charge in [-0.2, -0.15) is 0 Å². The number of aliphatic hydroxyl groups is 1. The van der Waals surface area contributed by atoms with Crippen LogP contribution in [-0.4, -0.2) is 10.7 Å². The van der Waals surface area contributed by atoms with Crippen LogP contribution in [0.3, 0.4) is 0 Å². The summed E-state index contributed by atoms with van der Waals surface area (Å²) in [7, 11) is 0. The largest absolute Gasteiger partial charge is 0.390 e. The van der Waals surface area contributed by atoms with Gasteiger partial charge < -0.3 is 11.3 Å². The topological polar surface area (TPSA) is 55.2 Å². The lowest BCUT2D eigenvalue weighted by Gasteiger charge is -2.15. The summed E-state index contributed by atoms with van der Waals surface area (Å²) in [6.45, 7) is 3.77. The fourth-order valence-corrected chi connectivity index (χ4v) is 0.964. The summed E-state index contributed by atoms with van der Waals surface area (Å²) in [5.41, 5.74) is -0.428. The molecule has 1 saturated carbocycles. The van der Waals surface area contributed by atoms with E-state index in [1.165, 1.54) is 19.3 Å². The van der Waals surface area contributed by atoms with E-state index in [4.69, 9.17) is 0 Å². The molecular formula is C8H20ClNO. The summed E-state index contributed by atoms with van der Waals surface area (Å²) in [6, 6.07) is 0. The molecule has 0 amide bonds. The molecule has 0 heterocycles. The van der Waals surface area contributed by atoms with Gasteiger partial charge in [-0.1, -0.05) is 12.8 Å². The molecule has 1 aliphatic carbocycles. The lowest BCUT2D eigenvalue weighted by Crippen LogP contribution is -2.17. The quantitative estimate of drug-likeness (QED) is 0.703. The van der Waals surface area contributed by atoms with Crippen LogP contribution in [0.1, 0.15) is 39.5 Å². The molecule has 0 saturated heterocycles. The van der Waals surface area contributed by atoms with Crippen LogP contribution in [-0.2, 0) is 0 Å². The zero-order chi connectivity index (χ0) is 6.91. The molecule has 1 rings (SSSR count). The van der Waals surface area contributed by atoms with Crippen LogP contribution in [0.2, 0.25) is 0 Å². The molecular weight excluding hydrogens is 162 g/mol. The van der Waals surface area contributed by atoms with Gasteiger partial charge in [0.15, 0.2) is 0 Å². The SMILES string of the molecule is CC(C)(O)CCC1CC1.Cl.N. The molecule has 11 heavy (non-hydrogen) atoms. The van der Waals surface area contributed by atoms with Gasteiger partial charge in [-0.05, 0) is 32.6 Å². The molecule has 0 unspecified atom stereocenters. The van der Waals surface area contributed by atoms with Crippen molar-refractivity contribution in [3.05, 3.63) is 0 Å². The predicted molar refractivity (Wildman–Crippen MR) is 50.5 cm³/mol. The van der Waals surface area contributed by atoms with Crippen molar-refractivity contribution in [2.24, 2.45) is 5.92 Å². The average molecular weight is 182 g/mol. The second-order valence-electron chi connectivity index (χ2n) is 3.79. The second kappa shape index (κ2) is 4.96. The molecule has 0 bridgehead atoms. The van der Waals surface area contributed by atoms with E-state index in [1.807, 2.05) is 13.8 Å². The maximum Gasteiger partial charge on any atom is 0.0591 e. The van der Waals surface area contributed by atoms with E-state index >= 15 is 0 Å². The number of halogens is 1. The van der Waals surface area contributed by atoms with Gasteiger partial charge in [-0.15, -0.1) is 12.4 Å². The van der Waals surface area contributed by atoms with E-state index in [2.05, 4.69) is 0 Å². The van der Waals surface area contributed by atoms with Crippen molar-refractivity contribution >= 4 is 12.4 Å². The molecule has 0 radical (unpaired) electrons. The Bertz CT molecular complexity index is 96.8. The smallest absolute Gasteiger partial charge is 0.0591 e. The lowest BCUT2D eigenvalue weighted by atomic mass is 10.0. The van der Waals surface area contributed by atoms with Crippen LogP contribution in [0, 0.1) is 5.92 Å².